The zero-order valence-corrected chi connectivity index (χ0v) is 6.82. The van der Waals surface area contributed by atoms with Gasteiger partial charge in [-0.05, 0) is 18.9 Å². The third-order valence-corrected chi connectivity index (χ3v) is 2.48. The largest absolute Gasteiger partial charge is 0.425 e. The quantitative estimate of drug-likeness (QED) is 0.516. The fourth-order valence-electron chi connectivity index (χ4n) is 1.23. The Morgan fingerprint density at radius 2 is 2.45 bits per heavy atom. The van der Waals surface area contributed by atoms with E-state index >= 15 is 0 Å². The van der Waals surface area contributed by atoms with E-state index in [4.69, 9.17) is 4.18 Å². The van der Waals surface area contributed by atoms with Crippen LogP contribution in [0.4, 0.5) is 0 Å². The Morgan fingerprint density at radius 1 is 1.55 bits per heavy atom. The van der Waals surface area contributed by atoms with Crippen LogP contribution >= 0.6 is 12.0 Å². The van der Waals surface area contributed by atoms with Gasteiger partial charge in [0.1, 0.15) is 5.76 Å². The van der Waals surface area contributed by atoms with Crippen molar-refractivity contribution in [3.63, 3.8) is 0 Å². The second-order valence-electron chi connectivity index (χ2n) is 2.55. The molecular weight excluding hydrogens is 160 g/mol. The van der Waals surface area contributed by atoms with E-state index in [1.165, 1.54) is 12.0 Å². The Kier molecular flexibility index (Phi) is 1.74. The molecule has 2 rings (SSSR count). The van der Waals surface area contributed by atoms with E-state index in [-0.39, 0.29) is 5.78 Å². The van der Waals surface area contributed by atoms with Gasteiger partial charge in [-0.3, -0.25) is 4.79 Å². The van der Waals surface area contributed by atoms with Crippen LogP contribution in [0, 0.1) is 0 Å². The molecule has 0 spiro atoms. The smallest absolute Gasteiger partial charge is 0.175 e. The fourth-order valence-corrected chi connectivity index (χ4v) is 1.85. The van der Waals surface area contributed by atoms with E-state index in [1.54, 1.807) is 0 Å². The number of Topliss-reactive ketones (excluding diaryl/α,β-unsaturated/α-hetero) is 1. The minimum atomic E-state index is 0.237. The molecule has 0 unspecified atom stereocenters. The second kappa shape index (κ2) is 2.74. The zero-order valence-electron chi connectivity index (χ0n) is 6.00. The summed E-state index contributed by atoms with van der Waals surface area (Å²) in [5, 5.41) is 0. The molecule has 0 radical (unpaired) electrons. The highest BCUT2D eigenvalue weighted by Crippen LogP contribution is 2.29. The summed E-state index contributed by atoms with van der Waals surface area (Å²) in [6.45, 7) is 0. The van der Waals surface area contributed by atoms with Crippen molar-refractivity contribution in [2.45, 2.75) is 12.8 Å². The Morgan fingerprint density at radius 3 is 3.27 bits per heavy atom. The molecule has 0 N–H and O–H groups in total. The molecule has 0 atom stereocenters. The van der Waals surface area contributed by atoms with Gasteiger partial charge in [-0.2, -0.15) is 0 Å². The third kappa shape index (κ3) is 1.20. The second-order valence-corrected chi connectivity index (χ2v) is 3.24. The molecule has 2 aliphatic rings. The van der Waals surface area contributed by atoms with Crippen LogP contribution in [-0.4, -0.2) is 11.5 Å². The standard InChI is InChI=1S/C8H8O2S/c9-7-5-11-10-8-4-2-1-3-6(7)8/h2,4H,1,3,5H2. The predicted octanol–water partition coefficient (Wildman–Crippen LogP) is 1.84. The van der Waals surface area contributed by atoms with Crippen molar-refractivity contribution in [1.29, 1.82) is 0 Å². The van der Waals surface area contributed by atoms with E-state index in [0.717, 1.165) is 24.2 Å². The van der Waals surface area contributed by atoms with Gasteiger partial charge >= 0.3 is 0 Å². The van der Waals surface area contributed by atoms with Crippen LogP contribution in [0.3, 0.4) is 0 Å². The number of allylic oxidation sites excluding steroid dienone is 3. The molecule has 0 saturated carbocycles. The van der Waals surface area contributed by atoms with Crippen LogP contribution in [0.15, 0.2) is 23.5 Å². The molecule has 0 aromatic heterocycles. The molecule has 0 aromatic carbocycles. The van der Waals surface area contributed by atoms with E-state index in [1.807, 2.05) is 12.2 Å². The molecule has 11 heavy (non-hydrogen) atoms. The first-order valence-corrected chi connectivity index (χ1v) is 4.51. The molecule has 0 amide bonds. The summed E-state index contributed by atoms with van der Waals surface area (Å²) >= 11 is 1.23. The molecule has 1 aliphatic carbocycles. The summed E-state index contributed by atoms with van der Waals surface area (Å²) in [5.41, 5.74) is 0.881. The highest BCUT2D eigenvalue weighted by molar-refractivity contribution is 7.95. The molecule has 1 aliphatic heterocycles. The lowest BCUT2D eigenvalue weighted by molar-refractivity contribution is -0.113. The molecule has 0 saturated heterocycles. The molecule has 58 valence electrons. The first kappa shape index (κ1) is 6.98. The average molecular weight is 168 g/mol. The predicted molar refractivity (Wildman–Crippen MR) is 44.0 cm³/mol. The van der Waals surface area contributed by atoms with Gasteiger partial charge in [0.05, 0.1) is 17.8 Å². The van der Waals surface area contributed by atoms with Gasteiger partial charge in [0.25, 0.3) is 0 Å². The summed E-state index contributed by atoms with van der Waals surface area (Å²) in [6.07, 6.45) is 5.75. The van der Waals surface area contributed by atoms with Gasteiger partial charge in [0, 0.05) is 5.57 Å². The summed E-state index contributed by atoms with van der Waals surface area (Å²) in [5.74, 6) is 1.49. The van der Waals surface area contributed by atoms with Gasteiger partial charge in [-0.15, -0.1) is 0 Å². The Balaban J connectivity index is 2.35. The van der Waals surface area contributed by atoms with E-state index in [9.17, 15) is 4.79 Å². The lowest BCUT2D eigenvalue weighted by Gasteiger charge is -2.18. The van der Waals surface area contributed by atoms with Crippen molar-refractivity contribution in [2.24, 2.45) is 0 Å². The zero-order chi connectivity index (χ0) is 7.68. The minimum absolute atomic E-state index is 0.237. The molecule has 2 nitrogen and oxygen atoms in total. The lowest BCUT2D eigenvalue weighted by atomic mass is 10.0. The van der Waals surface area contributed by atoms with Crippen LogP contribution in [0.1, 0.15) is 12.8 Å². The van der Waals surface area contributed by atoms with Gasteiger partial charge in [-0.25, -0.2) is 0 Å². The Hall–Kier alpha value is -0.700. The maximum Gasteiger partial charge on any atom is 0.175 e. The lowest BCUT2D eigenvalue weighted by Crippen LogP contribution is -2.15. The van der Waals surface area contributed by atoms with Gasteiger partial charge in [-0.1, -0.05) is 6.08 Å². The number of ketones is 1. The van der Waals surface area contributed by atoms with Crippen LogP contribution in [-0.2, 0) is 8.98 Å². The topological polar surface area (TPSA) is 26.3 Å². The fraction of sp³-hybridized carbons (Fsp3) is 0.375. The highest BCUT2D eigenvalue weighted by Gasteiger charge is 2.22. The number of hydrogen-bond acceptors (Lipinski definition) is 3. The van der Waals surface area contributed by atoms with Crippen molar-refractivity contribution >= 4 is 17.8 Å². The molecule has 0 fully saturated rings. The number of carbonyl (C=O) groups excluding carboxylic acids is 1. The van der Waals surface area contributed by atoms with Crippen LogP contribution in [0.25, 0.3) is 0 Å². The number of hydrogen-bond donors (Lipinski definition) is 0. The first-order valence-electron chi connectivity index (χ1n) is 3.60. The van der Waals surface area contributed by atoms with E-state index in [0.29, 0.717) is 5.75 Å². The van der Waals surface area contributed by atoms with Crippen molar-refractivity contribution in [1.82, 2.24) is 0 Å². The van der Waals surface area contributed by atoms with E-state index in [2.05, 4.69) is 0 Å². The maximum atomic E-state index is 11.2. The number of rotatable bonds is 0. The van der Waals surface area contributed by atoms with Gasteiger partial charge < -0.3 is 4.18 Å². The highest BCUT2D eigenvalue weighted by atomic mass is 32.2. The summed E-state index contributed by atoms with van der Waals surface area (Å²) in [6, 6.07) is 0. The molecule has 0 aromatic rings. The number of carbonyl (C=O) groups is 1. The van der Waals surface area contributed by atoms with Gasteiger partial charge in [0.2, 0.25) is 0 Å². The SMILES string of the molecule is O=C1CSOC2=C1CCC=C2. The van der Waals surface area contributed by atoms with Crippen LogP contribution < -0.4 is 0 Å². The molecule has 0 bridgehead atoms. The normalized spacial score (nSPS) is 23.1. The molecule has 1 heterocycles. The van der Waals surface area contributed by atoms with Gasteiger partial charge in [0.15, 0.2) is 5.78 Å². The first-order chi connectivity index (χ1) is 5.38. The monoisotopic (exact) mass is 168 g/mol. The molecular formula is C8H8O2S. The average Bonchev–Trinajstić information content (AvgIpc) is 2.06. The summed E-state index contributed by atoms with van der Waals surface area (Å²) in [7, 11) is 0. The Labute approximate surface area is 69.5 Å². The maximum absolute atomic E-state index is 11.2. The third-order valence-electron chi connectivity index (χ3n) is 1.80. The van der Waals surface area contributed by atoms with Crippen LogP contribution in [0.2, 0.25) is 0 Å². The van der Waals surface area contributed by atoms with Crippen molar-refractivity contribution in [2.75, 3.05) is 5.75 Å². The summed E-state index contributed by atoms with van der Waals surface area (Å²) < 4.78 is 5.24. The Bertz CT molecular complexity index is 253. The van der Waals surface area contributed by atoms with Crippen LogP contribution in [0.5, 0.6) is 0 Å². The van der Waals surface area contributed by atoms with Crippen molar-refractivity contribution < 1.29 is 8.98 Å². The minimum Gasteiger partial charge on any atom is -0.425 e. The van der Waals surface area contributed by atoms with Crippen molar-refractivity contribution in [3.05, 3.63) is 23.5 Å². The van der Waals surface area contributed by atoms with Crippen molar-refractivity contribution in [3.8, 4) is 0 Å². The molecule has 3 heteroatoms. The van der Waals surface area contributed by atoms with E-state index < -0.39 is 0 Å². The summed E-state index contributed by atoms with van der Waals surface area (Å²) in [4.78, 5) is 11.2.